The van der Waals surface area contributed by atoms with E-state index in [4.69, 9.17) is 0 Å². The molecule has 2 aromatic rings. The third kappa shape index (κ3) is 2.18. The predicted octanol–water partition coefficient (Wildman–Crippen LogP) is 4.00. The monoisotopic (exact) mass is 334 g/mol. The van der Waals surface area contributed by atoms with E-state index in [-0.39, 0.29) is 11.7 Å². The van der Waals surface area contributed by atoms with Gasteiger partial charge in [-0.25, -0.2) is 4.39 Å². The lowest BCUT2D eigenvalue weighted by molar-refractivity contribution is -0.116. The van der Waals surface area contributed by atoms with Crippen LogP contribution in [0.3, 0.4) is 0 Å². The Balaban J connectivity index is 2.00. The molecule has 0 aromatic heterocycles. The Morgan fingerprint density at radius 2 is 2.10 bits per heavy atom. The molecule has 5 heteroatoms. The molecule has 3 rings (SSSR count). The fourth-order valence-electron chi connectivity index (χ4n) is 2.32. The first-order valence-electron chi connectivity index (χ1n) is 6.18. The highest BCUT2D eigenvalue weighted by atomic mass is 79.9. The topological polar surface area (TPSA) is 41.1 Å². The van der Waals surface area contributed by atoms with Crippen LogP contribution in [0.1, 0.15) is 17.2 Å². The molecular formula is C15H12BrFN2O. The number of benzene rings is 2. The normalized spacial score (nSPS) is 16.8. The van der Waals surface area contributed by atoms with Crippen molar-refractivity contribution >= 4 is 33.2 Å². The summed E-state index contributed by atoms with van der Waals surface area (Å²) in [6.45, 7) is 1.88. The number of hydrogen-bond acceptors (Lipinski definition) is 2. The smallest absolute Gasteiger partial charge is 0.251 e. The van der Waals surface area contributed by atoms with Gasteiger partial charge in [-0.15, -0.1) is 0 Å². The zero-order valence-corrected chi connectivity index (χ0v) is 12.3. The number of carbonyl (C=O) groups is 1. The van der Waals surface area contributed by atoms with Crippen LogP contribution in [0.15, 0.2) is 40.9 Å². The molecule has 1 heterocycles. The van der Waals surface area contributed by atoms with Crippen LogP contribution in [0.25, 0.3) is 0 Å². The molecule has 0 bridgehead atoms. The highest BCUT2D eigenvalue weighted by Crippen LogP contribution is 2.38. The second-order valence-electron chi connectivity index (χ2n) is 4.75. The summed E-state index contributed by atoms with van der Waals surface area (Å²) in [5.41, 5.74) is 2.81. The zero-order chi connectivity index (χ0) is 14.3. The first kappa shape index (κ1) is 13.1. The minimum absolute atomic E-state index is 0.187. The maximum absolute atomic E-state index is 13.8. The molecule has 0 saturated heterocycles. The van der Waals surface area contributed by atoms with E-state index in [1.807, 2.05) is 25.1 Å². The third-order valence-electron chi connectivity index (χ3n) is 3.28. The van der Waals surface area contributed by atoms with Gasteiger partial charge in [-0.1, -0.05) is 28.1 Å². The van der Waals surface area contributed by atoms with E-state index < -0.39 is 6.04 Å². The number of anilines is 2. The number of hydrogen-bond donors (Lipinski definition) is 2. The fourth-order valence-corrected chi connectivity index (χ4v) is 2.91. The Kier molecular flexibility index (Phi) is 3.22. The van der Waals surface area contributed by atoms with Gasteiger partial charge >= 0.3 is 0 Å². The van der Waals surface area contributed by atoms with Crippen LogP contribution in [-0.2, 0) is 4.79 Å². The molecule has 1 amide bonds. The van der Waals surface area contributed by atoms with Crippen molar-refractivity contribution in [2.45, 2.75) is 13.0 Å². The number of halogens is 2. The van der Waals surface area contributed by atoms with Crippen molar-refractivity contribution in [2.75, 3.05) is 10.6 Å². The standard InChI is InChI=1S/C15H12BrFN2O/c1-8-5-6-10(17)12(7-8)18-14-13-9(16)3-2-4-11(13)19-15(14)20/h2-7,14,18H,1H3,(H,19,20). The van der Waals surface area contributed by atoms with Gasteiger partial charge in [-0.05, 0) is 36.8 Å². The summed E-state index contributed by atoms with van der Waals surface area (Å²) in [5, 5.41) is 5.77. The number of nitrogens with one attached hydrogen (secondary N) is 2. The van der Waals surface area contributed by atoms with Crippen LogP contribution in [0, 0.1) is 12.7 Å². The largest absolute Gasteiger partial charge is 0.368 e. The minimum atomic E-state index is -0.600. The van der Waals surface area contributed by atoms with Crippen molar-refractivity contribution in [1.82, 2.24) is 0 Å². The summed E-state index contributed by atoms with van der Waals surface area (Å²) >= 11 is 3.44. The van der Waals surface area contributed by atoms with E-state index in [0.717, 1.165) is 21.3 Å². The Morgan fingerprint density at radius 1 is 1.30 bits per heavy atom. The van der Waals surface area contributed by atoms with Crippen molar-refractivity contribution in [3.63, 3.8) is 0 Å². The molecule has 1 atom stereocenters. The average Bonchev–Trinajstić information content (AvgIpc) is 2.72. The van der Waals surface area contributed by atoms with Crippen molar-refractivity contribution in [3.05, 3.63) is 57.8 Å². The SMILES string of the molecule is Cc1ccc(F)c(NC2C(=O)Nc3cccc(Br)c32)c1. The van der Waals surface area contributed by atoms with Crippen LogP contribution in [0.2, 0.25) is 0 Å². The van der Waals surface area contributed by atoms with Gasteiger partial charge in [0.25, 0.3) is 5.91 Å². The van der Waals surface area contributed by atoms with E-state index in [1.165, 1.54) is 6.07 Å². The number of aryl methyl sites for hydroxylation is 1. The van der Waals surface area contributed by atoms with Gasteiger partial charge < -0.3 is 10.6 Å². The number of amides is 1. The molecule has 1 unspecified atom stereocenters. The van der Waals surface area contributed by atoms with E-state index in [1.54, 1.807) is 12.1 Å². The van der Waals surface area contributed by atoms with Crippen LogP contribution >= 0.6 is 15.9 Å². The Morgan fingerprint density at radius 3 is 2.90 bits per heavy atom. The first-order valence-corrected chi connectivity index (χ1v) is 6.97. The molecule has 2 aromatic carbocycles. The molecule has 102 valence electrons. The average molecular weight is 335 g/mol. The maximum atomic E-state index is 13.8. The van der Waals surface area contributed by atoms with Crippen LogP contribution < -0.4 is 10.6 Å². The van der Waals surface area contributed by atoms with Crippen LogP contribution in [0.4, 0.5) is 15.8 Å². The zero-order valence-electron chi connectivity index (χ0n) is 10.7. The first-order chi connectivity index (χ1) is 9.56. The summed E-state index contributed by atoms with van der Waals surface area (Å²) < 4.78 is 14.6. The lowest BCUT2D eigenvalue weighted by atomic mass is 10.1. The van der Waals surface area contributed by atoms with Gasteiger partial charge in [0.05, 0.1) is 5.69 Å². The van der Waals surface area contributed by atoms with Gasteiger partial charge in [-0.3, -0.25) is 4.79 Å². The number of rotatable bonds is 2. The Bertz CT molecular complexity index is 702. The quantitative estimate of drug-likeness (QED) is 0.871. The molecule has 2 N–H and O–H groups in total. The summed E-state index contributed by atoms with van der Waals surface area (Å²) in [6.07, 6.45) is 0. The second kappa shape index (κ2) is 4.90. The molecule has 3 nitrogen and oxygen atoms in total. The van der Waals surface area contributed by atoms with E-state index in [9.17, 15) is 9.18 Å². The molecular weight excluding hydrogens is 323 g/mol. The van der Waals surface area contributed by atoms with Gasteiger partial charge in [0.2, 0.25) is 0 Å². The summed E-state index contributed by atoms with van der Waals surface area (Å²) in [6, 6.07) is 9.71. The molecule has 0 spiro atoms. The predicted molar refractivity (Wildman–Crippen MR) is 80.3 cm³/mol. The highest BCUT2D eigenvalue weighted by molar-refractivity contribution is 9.10. The third-order valence-corrected chi connectivity index (χ3v) is 3.97. The molecule has 0 fully saturated rings. The fraction of sp³-hybridized carbons (Fsp3) is 0.133. The van der Waals surface area contributed by atoms with Crippen molar-refractivity contribution in [1.29, 1.82) is 0 Å². The summed E-state index contributed by atoms with van der Waals surface area (Å²) in [7, 11) is 0. The van der Waals surface area contributed by atoms with Gasteiger partial charge in [-0.2, -0.15) is 0 Å². The molecule has 20 heavy (non-hydrogen) atoms. The highest BCUT2D eigenvalue weighted by Gasteiger charge is 2.32. The van der Waals surface area contributed by atoms with Crippen LogP contribution in [-0.4, -0.2) is 5.91 Å². The van der Waals surface area contributed by atoms with Gasteiger partial charge in [0.1, 0.15) is 11.9 Å². The number of fused-ring (bicyclic) bond motifs is 1. The minimum Gasteiger partial charge on any atom is -0.368 e. The molecule has 1 aliphatic heterocycles. The Labute approximate surface area is 124 Å². The summed E-state index contributed by atoms with van der Waals surface area (Å²) in [5.74, 6) is -0.559. The molecule has 0 radical (unpaired) electrons. The molecule has 1 aliphatic rings. The molecule has 0 saturated carbocycles. The Hall–Kier alpha value is -1.88. The van der Waals surface area contributed by atoms with E-state index in [0.29, 0.717) is 5.69 Å². The molecule has 0 aliphatic carbocycles. The van der Waals surface area contributed by atoms with E-state index >= 15 is 0 Å². The van der Waals surface area contributed by atoms with E-state index in [2.05, 4.69) is 26.6 Å². The summed E-state index contributed by atoms with van der Waals surface area (Å²) in [4.78, 5) is 12.1. The van der Waals surface area contributed by atoms with Crippen molar-refractivity contribution < 1.29 is 9.18 Å². The van der Waals surface area contributed by atoms with Gasteiger partial charge in [0, 0.05) is 15.7 Å². The number of carbonyl (C=O) groups excluding carboxylic acids is 1. The van der Waals surface area contributed by atoms with Crippen LogP contribution in [0.5, 0.6) is 0 Å². The maximum Gasteiger partial charge on any atom is 0.251 e. The van der Waals surface area contributed by atoms with Gasteiger partial charge in [0.15, 0.2) is 0 Å². The van der Waals surface area contributed by atoms with Crippen molar-refractivity contribution in [3.8, 4) is 0 Å². The second-order valence-corrected chi connectivity index (χ2v) is 5.61. The van der Waals surface area contributed by atoms with Crippen molar-refractivity contribution in [2.24, 2.45) is 0 Å². The lowest BCUT2D eigenvalue weighted by Gasteiger charge is -2.15. The lowest BCUT2D eigenvalue weighted by Crippen LogP contribution is -2.20.